The van der Waals surface area contributed by atoms with E-state index in [1.807, 2.05) is 24.6 Å². The Morgan fingerprint density at radius 3 is 2.89 bits per heavy atom. The van der Waals surface area contributed by atoms with E-state index in [-0.39, 0.29) is 11.4 Å². The summed E-state index contributed by atoms with van der Waals surface area (Å²) in [6.07, 6.45) is 2.91. The van der Waals surface area contributed by atoms with Crippen molar-refractivity contribution in [3.8, 4) is 22.5 Å². The van der Waals surface area contributed by atoms with E-state index in [0.717, 1.165) is 26.8 Å². The predicted molar refractivity (Wildman–Crippen MR) is 105 cm³/mol. The molecule has 0 saturated carbocycles. The second-order valence-corrected chi connectivity index (χ2v) is 8.13. The molecule has 1 aliphatic heterocycles. The highest BCUT2D eigenvalue weighted by molar-refractivity contribution is 9.10. The maximum Gasteiger partial charge on any atom is 0.182 e. The monoisotopic (exact) mass is 442 g/mol. The van der Waals surface area contributed by atoms with Crippen molar-refractivity contribution in [1.82, 2.24) is 29.9 Å². The molecule has 0 atom stereocenters. The first-order valence-electron chi connectivity index (χ1n) is 8.77. The number of hydrogen-bond acceptors (Lipinski definition) is 5. The van der Waals surface area contributed by atoms with Crippen LogP contribution in [0.15, 0.2) is 35.2 Å². The molecular formula is C19H16BrFN6O. The van der Waals surface area contributed by atoms with E-state index in [4.69, 9.17) is 9.84 Å². The molecule has 4 aromatic rings. The third kappa shape index (κ3) is 2.73. The lowest BCUT2D eigenvalue weighted by Crippen LogP contribution is -2.36. The molecule has 28 heavy (non-hydrogen) atoms. The van der Waals surface area contributed by atoms with Gasteiger partial charge in [0.2, 0.25) is 0 Å². The average molecular weight is 443 g/mol. The van der Waals surface area contributed by atoms with Crippen molar-refractivity contribution in [3.63, 3.8) is 0 Å². The summed E-state index contributed by atoms with van der Waals surface area (Å²) in [5.74, 6) is -0.386. The summed E-state index contributed by atoms with van der Waals surface area (Å²) < 4.78 is 22.2. The van der Waals surface area contributed by atoms with Crippen molar-refractivity contribution < 1.29 is 9.13 Å². The lowest BCUT2D eigenvalue weighted by Gasteiger charge is -2.31. The van der Waals surface area contributed by atoms with Gasteiger partial charge in [-0.25, -0.2) is 9.37 Å². The Balaban J connectivity index is 1.82. The van der Waals surface area contributed by atoms with Gasteiger partial charge in [-0.2, -0.15) is 10.2 Å². The molecule has 0 fully saturated rings. The van der Waals surface area contributed by atoms with Crippen LogP contribution in [0, 0.1) is 5.82 Å². The Kier molecular flexibility index (Phi) is 3.85. The van der Waals surface area contributed by atoms with E-state index >= 15 is 0 Å². The van der Waals surface area contributed by atoms with Gasteiger partial charge in [-0.15, -0.1) is 0 Å². The maximum atomic E-state index is 13.4. The molecule has 5 heterocycles. The normalized spacial score (nSPS) is 15.7. The Morgan fingerprint density at radius 2 is 2.11 bits per heavy atom. The molecule has 0 unspecified atom stereocenters. The number of halogens is 2. The molecule has 0 saturated heterocycles. The SMILES string of the molecule is CC1(C)Cn2nc(-c3ccc(F)cn3)c(-c3ccnc4n[nH]c(Br)c34)c2CO1. The van der Waals surface area contributed by atoms with Gasteiger partial charge in [0.1, 0.15) is 16.1 Å². The van der Waals surface area contributed by atoms with Crippen LogP contribution in [-0.4, -0.2) is 35.5 Å². The van der Waals surface area contributed by atoms with Crippen molar-refractivity contribution in [2.24, 2.45) is 0 Å². The number of fused-ring (bicyclic) bond motifs is 2. The first-order chi connectivity index (χ1) is 13.4. The molecule has 0 aromatic carbocycles. The van der Waals surface area contributed by atoms with Gasteiger partial charge in [-0.05, 0) is 48.0 Å². The molecule has 4 aromatic heterocycles. The van der Waals surface area contributed by atoms with E-state index in [9.17, 15) is 4.39 Å². The fraction of sp³-hybridized carbons (Fsp3) is 0.263. The predicted octanol–water partition coefficient (Wildman–Crippen LogP) is 4.09. The molecule has 0 spiro atoms. The van der Waals surface area contributed by atoms with Gasteiger partial charge in [0.25, 0.3) is 0 Å². The summed E-state index contributed by atoms with van der Waals surface area (Å²) in [5.41, 5.74) is 4.30. The number of nitrogens with one attached hydrogen (secondary N) is 1. The number of aromatic nitrogens is 6. The molecule has 5 rings (SSSR count). The molecular weight excluding hydrogens is 427 g/mol. The quantitative estimate of drug-likeness (QED) is 0.505. The van der Waals surface area contributed by atoms with E-state index < -0.39 is 0 Å². The van der Waals surface area contributed by atoms with Crippen LogP contribution in [0.3, 0.4) is 0 Å². The zero-order valence-corrected chi connectivity index (χ0v) is 16.8. The van der Waals surface area contributed by atoms with Gasteiger partial charge >= 0.3 is 0 Å². The number of hydrogen-bond donors (Lipinski definition) is 1. The zero-order chi connectivity index (χ0) is 19.5. The third-order valence-corrected chi connectivity index (χ3v) is 5.41. The fourth-order valence-corrected chi connectivity index (χ4v) is 4.02. The molecule has 142 valence electrons. The second-order valence-electron chi connectivity index (χ2n) is 7.33. The van der Waals surface area contributed by atoms with Crippen LogP contribution in [-0.2, 0) is 17.9 Å². The van der Waals surface area contributed by atoms with Crippen LogP contribution in [0.2, 0.25) is 0 Å². The number of rotatable bonds is 2. The number of ether oxygens (including phenoxy) is 1. The van der Waals surface area contributed by atoms with Gasteiger partial charge in [0, 0.05) is 17.3 Å². The standard InChI is InChI=1S/C19H16BrFN6O/c1-19(2)9-27-13(8-28-19)14(16(26-27)12-4-3-10(21)7-23-12)11-5-6-22-18-15(11)17(20)24-25-18/h3-7H,8-9H2,1-2H3,(H,22,24,25). The smallest absolute Gasteiger partial charge is 0.182 e. The first kappa shape index (κ1) is 17.4. The maximum absolute atomic E-state index is 13.4. The van der Waals surface area contributed by atoms with Crippen LogP contribution in [0.4, 0.5) is 4.39 Å². The summed E-state index contributed by atoms with van der Waals surface area (Å²) in [6, 6.07) is 4.95. The summed E-state index contributed by atoms with van der Waals surface area (Å²) in [6.45, 7) is 5.09. The molecule has 1 aliphatic rings. The Hall–Kier alpha value is -2.65. The Bertz CT molecular complexity index is 1200. The molecule has 1 N–H and O–H groups in total. The van der Waals surface area contributed by atoms with Crippen molar-refractivity contribution in [2.75, 3.05) is 0 Å². The average Bonchev–Trinajstić information content (AvgIpc) is 3.22. The van der Waals surface area contributed by atoms with E-state index in [1.54, 1.807) is 12.3 Å². The first-order valence-corrected chi connectivity index (χ1v) is 9.57. The minimum Gasteiger partial charge on any atom is -0.367 e. The van der Waals surface area contributed by atoms with Gasteiger partial charge in [0.05, 0.1) is 41.7 Å². The van der Waals surface area contributed by atoms with Gasteiger partial charge < -0.3 is 4.74 Å². The number of nitrogens with zero attached hydrogens (tertiary/aromatic N) is 5. The van der Waals surface area contributed by atoms with E-state index in [2.05, 4.69) is 36.1 Å². The molecule has 9 heteroatoms. The minimum absolute atomic E-state index is 0.326. The molecule has 0 aliphatic carbocycles. The number of H-pyrrole nitrogens is 1. The molecule has 0 amide bonds. The van der Waals surface area contributed by atoms with Gasteiger partial charge in [-0.3, -0.25) is 14.8 Å². The van der Waals surface area contributed by atoms with Crippen LogP contribution in [0.25, 0.3) is 33.5 Å². The van der Waals surface area contributed by atoms with Crippen molar-refractivity contribution in [2.45, 2.75) is 32.6 Å². The van der Waals surface area contributed by atoms with Gasteiger partial charge in [-0.1, -0.05) is 0 Å². The minimum atomic E-state index is -0.386. The second kappa shape index (κ2) is 6.18. The summed E-state index contributed by atoms with van der Waals surface area (Å²) >= 11 is 3.53. The number of pyridine rings is 2. The van der Waals surface area contributed by atoms with Crippen molar-refractivity contribution in [3.05, 3.63) is 46.7 Å². The van der Waals surface area contributed by atoms with Crippen LogP contribution >= 0.6 is 15.9 Å². The van der Waals surface area contributed by atoms with Crippen molar-refractivity contribution in [1.29, 1.82) is 0 Å². The van der Waals surface area contributed by atoms with Crippen LogP contribution < -0.4 is 0 Å². The zero-order valence-electron chi connectivity index (χ0n) is 15.2. The number of aromatic amines is 1. The summed E-state index contributed by atoms with van der Waals surface area (Å²) in [7, 11) is 0. The lowest BCUT2D eigenvalue weighted by molar-refractivity contribution is -0.0657. The topological polar surface area (TPSA) is 81.5 Å². The van der Waals surface area contributed by atoms with E-state index in [1.165, 1.54) is 12.3 Å². The third-order valence-electron chi connectivity index (χ3n) is 4.84. The highest BCUT2D eigenvalue weighted by Gasteiger charge is 2.32. The van der Waals surface area contributed by atoms with Crippen LogP contribution in [0.5, 0.6) is 0 Å². The molecule has 0 bridgehead atoms. The van der Waals surface area contributed by atoms with Crippen molar-refractivity contribution >= 4 is 27.0 Å². The Morgan fingerprint density at radius 1 is 1.25 bits per heavy atom. The Labute approximate surface area is 168 Å². The lowest BCUT2D eigenvalue weighted by atomic mass is 9.98. The van der Waals surface area contributed by atoms with E-state index in [0.29, 0.717) is 30.2 Å². The summed E-state index contributed by atoms with van der Waals surface area (Å²) in [4.78, 5) is 8.59. The van der Waals surface area contributed by atoms with Crippen LogP contribution in [0.1, 0.15) is 19.5 Å². The largest absolute Gasteiger partial charge is 0.367 e. The highest BCUT2D eigenvalue weighted by Crippen LogP contribution is 2.41. The summed E-state index contributed by atoms with van der Waals surface area (Å²) in [5, 5.41) is 12.8. The van der Waals surface area contributed by atoms with Gasteiger partial charge in [0.15, 0.2) is 5.65 Å². The highest BCUT2D eigenvalue weighted by atomic mass is 79.9. The molecule has 0 radical (unpaired) electrons. The fourth-order valence-electron chi connectivity index (χ4n) is 3.54. The molecule has 7 nitrogen and oxygen atoms in total.